The molecule has 2 fully saturated rings. The Morgan fingerprint density at radius 2 is 2.10 bits per heavy atom. The van der Waals surface area contributed by atoms with E-state index >= 15 is 0 Å². The van der Waals surface area contributed by atoms with Gasteiger partial charge in [0, 0.05) is 13.2 Å². The van der Waals surface area contributed by atoms with E-state index in [9.17, 15) is 9.59 Å². The van der Waals surface area contributed by atoms with Crippen LogP contribution < -0.4 is 10.6 Å². The Labute approximate surface area is 125 Å². The first-order valence-electron chi connectivity index (χ1n) is 7.63. The van der Waals surface area contributed by atoms with Crippen molar-refractivity contribution in [2.45, 2.75) is 43.9 Å². The Balaban J connectivity index is 1.86. The van der Waals surface area contributed by atoms with Crippen LogP contribution in [0.15, 0.2) is 0 Å². The molecule has 0 spiro atoms. The zero-order valence-electron chi connectivity index (χ0n) is 12.5. The quantitative estimate of drug-likeness (QED) is 0.608. The lowest BCUT2D eigenvalue weighted by molar-refractivity contribution is -0.148. The van der Waals surface area contributed by atoms with Crippen molar-refractivity contribution in [3.63, 3.8) is 0 Å². The predicted molar refractivity (Wildman–Crippen MR) is 77.1 cm³/mol. The molecule has 2 aliphatic heterocycles. The molecule has 7 nitrogen and oxygen atoms in total. The van der Waals surface area contributed by atoms with Gasteiger partial charge in [-0.15, -0.1) is 0 Å². The maximum absolute atomic E-state index is 12.3. The van der Waals surface area contributed by atoms with Gasteiger partial charge in [0.25, 0.3) is 0 Å². The third-order valence-corrected chi connectivity index (χ3v) is 4.40. The van der Waals surface area contributed by atoms with Crippen LogP contribution in [-0.2, 0) is 14.3 Å². The Hall–Kier alpha value is -1.18. The van der Waals surface area contributed by atoms with Crippen molar-refractivity contribution in [2.75, 3.05) is 33.3 Å². The summed E-state index contributed by atoms with van der Waals surface area (Å²) in [6, 6.07) is 0.335. The van der Waals surface area contributed by atoms with Crippen LogP contribution in [0.4, 0.5) is 0 Å². The zero-order valence-corrected chi connectivity index (χ0v) is 12.5. The van der Waals surface area contributed by atoms with Crippen molar-refractivity contribution >= 4 is 11.9 Å². The Bertz CT molecular complexity index is 371. The number of methoxy groups -OCH3 is 1. The second kappa shape index (κ2) is 7.72. The van der Waals surface area contributed by atoms with Crippen molar-refractivity contribution in [1.82, 2.24) is 15.5 Å². The normalized spacial score (nSPS) is 25.7. The first-order valence-corrected chi connectivity index (χ1v) is 7.63. The van der Waals surface area contributed by atoms with Crippen LogP contribution >= 0.6 is 0 Å². The summed E-state index contributed by atoms with van der Waals surface area (Å²) in [6.07, 6.45) is 3.02. The van der Waals surface area contributed by atoms with Gasteiger partial charge in [0.2, 0.25) is 5.91 Å². The fourth-order valence-corrected chi connectivity index (χ4v) is 3.23. The molecule has 0 aliphatic carbocycles. The second-order valence-electron chi connectivity index (χ2n) is 5.68. The van der Waals surface area contributed by atoms with Crippen LogP contribution in [0.3, 0.4) is 0 Å². The smallest absolute Gasteiger partial charge is 0.334 e. The molecule has 0 aromatic heterocycles. The van der Waals surface area contributed by atoms with Gasteiger partial charge in [-0.25, -0.2) is 4.79 Å². The van der Waals surface area contributed by atoms with Crippen LogP contribution in [0.2, 0.25) is 0 Å². The van der Waals surface area contributed by atoms with Crippen LogP contribution in [-0.4, -0.2) is 73.4 Å². The van der Waals surface area contributed by atoms with Gasteiger partial charge >= 0.3 is 5.97 Å². The maximum Gasteiger partial charge on any atom is 0.334 e. The van der Waals surface area contributed by atoms with Crippen LogP contribution in [0.1, 0.15) is 25.7 Å². The van der Waals surface area contributed by atoms with Crippen molar-refractivity contribution < 1.29 is 19.4 Å². The average Bonchev–Trinajstić information content (AvgIpc) is 2.97. The van der Waals surface area contributed by atoms with E-state index < -0.39 is 12.1 Å². The molecule has 2 aliphatic rings. The molecule has 2 saturated heterocycles. The molecule has 0 saturated carbocycles. The maximum atomic E-state index is 12.3. The van der Waals surface area contributed by atoms with E-state index in [1.807, 2.05) is 0 Å². The van der Waals surface area contributed by atoms with Crippen LogP contribution in [0, 0.1) is 0 Å². The molecule has 0 aromatic carbocycles. The zero-order chi connectivity index (χ0) is 15.2. The highest BCUT2D eigenvalue weighted by Gasteiger charge is 2.36. The van der Waals surface area contributed by atoms with Crippen molar-refractivity contribution in [3.8, 4) is 0 Å². The summed E-state index contributed by atoms with van der Waals surface area (Å²) in [5.74, 6) is -1.13. The van der Waals surface area contributed by atoms with Gasteiger partial charge in [0.15, 0.2) is 6.10 Å². The molecule has 0 aromatic rings. The number of aliphatic carboxylic acids is 1. The molecule has 2 rings (SSSR count). The lowest BCUT2D eigenvalue weighted by Crippen LogP contribution is -2.52. The highest BCUT2D eigenvalue weighted by molar-refractivity contribution is 5.83. The minimum Gasteiger partial charge on any atom is -0.479 e. The molecule has 1 amide bonds. The molecular formula is C14H25N3O4. The van der Waals surface area contributed by atoms with Gasteiger partial charge in [-0.1, -0.05) is 0 Å². The van der Waals surface area contributed by atoms with Crippen molar-refractivity contribution in [3.05, 3.63) is 0 Å². The van der Waals surface area contributed by atoms with Crippen LogP contribution in [0.25, 0.3) is 0 Å². The van der Waals surface area contributed by atoms with E-state index in [0.29, 0.717) is 6.04 Å². The van der Waals surface area contributed by atoms with Crippen molar-refractivity contribution in [1.29, 1.82) is 0 Å². The lowest BCUT2D eigenvalue weighted by Gasteiger charge is -2.35. The fraction of sp³-hybridized carbons (Fsp3) is 0.857. The minimum absolute atomic E-state index is 0.0151. The molecule has 21 heavy (non-hydrogen) atoms. The van der Waals surface area contributed by atoms with Gasteiger partial charge in [-0.3, -0.25) is 9.69 Å². The summed E-state index contributed by atoms with van der Waals surface area (Å²) in [5, 5.41) is 15.0. The van der Waals surface area contributed by atoms with Crippen molar-refractivity contribution in [2.24, 2.45) is 0 Å². The lowest BCUT2D eigenvalue weighted by atomic mass is 10.0. The number of nitrogens with one attached hydrogen (secondary N) is 2. The molecular weight excluding hydrogens is 274 g/mol. The highest BCUT2D eigenvalue weighted by atomic mass is 16.5. The topological polar surface area (TPSA) is 90.9 Å². The summed E-state index contributed by atoms with van der Waals surface area (Å²) in [4.78, 5) is 25.5. The number of hydrogen-bond acceptors (Lipinski definition) is 5. The third-order valence-electron chi connectivity index (χ3n) is 4.40. The number of carbonyl (C=O) groups excluding carboxylic acids is 1. The molecule has 0 radical (unpaired) electrons. The highest BCUT2D eigenvalue weighted by Crippen LogP contribution is 2.24. The number of carboxylic acids is 1. The Kier molecular flexibility index (Phi) is 5.96. The molecule has 120 valence electrons. The first-order chi connectivity index (χ1) is 10.1. The number of carbonyl (C=O) groups is 2. The number of hydrogen-bond donors (Lipinski definition) is 3. The van der Waals surface area contributed by atoms with Gasteiger partial charge in [0.1, 0.15) is 0 Å². The van der Waals surface area contributed by atoms with E-state index in [0.717, 1.165) is 45.3 Å². The Morgan fingerprint density at radius 1 is 1.38 bits per heavy atom. The van der Waals surface area contributed by atoms with Gasteiger partial charge < -0.3 is 20.5 Å². The first kappa shape index (κ1) is 16.2. The summed E-state index contributed by atoms with van der Waals surface area (Å²) in [7, 11) is 1.34. The molecule has 3 N–H and O–H groups in total. The number of rotatable bonds is 6. The van der Waals surface area contributed by atoms with Gasteiger partial charge in [-0.05, 0) is 45.3 Å². The second-order valence-corrected chi connectivity index (χ2v) is 5.68. The number of nitrogens with zero attached hydrogens (tertiary/aromatic N) is 1. The number of piperidine rings is 1. The number of likely N-dealkylation sites (tertiary alicyclic amines) is 1. The molecule has 0 bridgehead atoms. The molecule has 7 heteroatoms. The molecule has 2 unspecified atom stereocenters. The van der Waals surface area contributed by atoms with E-state index in [-0.39, 0.29) is 18.5 Å². The van der Waals surface area contributed by atoms with Gasteiger partial charge in [-0.2, -0.15) is 0 Å². The number of ether oxygens (including phenoxy) is 1. The Morgan fingerprint density at radius 3 is 2.71 bits per heavy atom. The monoisotopic (exact) mass is 299 g/mol. The summed E-state index contributed by atoms with van der Waals surface area (Å²) >= 11 is 0. The van der Waals surface area contributed by atoms with Crippen LogP contribution in [0.5, 0.6) is 0 Å². The predicted octanol–water partition coefficient (Wildman–Crippen LogP) is -0.581. The van der Waals surface area contributed by atoms with E-state index in [2.05, 4.69) is 15.5 Å². The van der Waals surface area contributed by atoms with E-state index in [1.165, 1.54) is 7.11 Å². The third kappa shape index (κ3) is 4.15. The number of carboxylic acid groups (broad SMARTS) is 1. The summed E-state index contributed by atoms with van der Waals surface area (Å²) in [5.41, 5.74) is 0. The molecule has 2 atom stereocenters. The van der Waals surface area contributed by atoms with Gasteiger partial charge in [0.05, 0.1) is 12.6 Å². The fourth-order valence-electron chi connectivity index (χ4n) is 3.23. The van der Waals surface area contributed by atoms with E-state index in [1.54, 1.807) is 0 Å². The minimum atomic E-state index is -1.06. The summed E-state index contributed by atoms with van der Waals surface area (Å²) < 4.78 is 4.83. The largest absolute Gasteiger partial charge is 0.479 e. The average molecular weight is 299 g/mol. The SMILES string of the molecule is COC(CNC(=O)C1CCCN1C1CCNCC1)C(=O)O. The number of amides is 1. The summed E-state index contributed by atoms with van der Waals surface area (Å²) in [6.45, 7) is 2.97. The standard InChI is InChI=1S/C14H25N3O4/c1-21-12(14(19)20)9-16-13(18)11-3-2-8-17(11)10-4-6-15-7-5-10/h10-12,15H,2-9H2,1H3,(H,16,18)(H,19,20). The molecule has 2 heterocycles. The van der Waals surface area contributed by atoms with E-state index in [4.69, 9.17) is 9.84 Å².